The number of anilines is 1. The molecule has 1 amide bonds. The van der Waals surface area contributed by atoms with Crippen LogP contribution < -0.4 is 5.32 Å². The van der Waals surface area contributed by atoms with Crippen LogP contribution in [0.3, 0.4) is 0 Å². The average molecular weight is 264 g/mol. The number of hydrogen-bond donors (Lipinski definition) is 1. The molecule has 3 nitrogen and oxygen atoms in total. The molecule has 0 spiro atoms. The van der Waals surface area contributed by atoms with Crippen LogP contribution in [0, 0.1) is 18.3 Å². The van der Waals surface area contributed by atoms with E-state index < -0.39 is 5.92 Å². The van der Waals surface area contributed by atoms with E-state index in [0.29, 0.717) is 0 Å². The first-order valence-corrected chi connectivity index (χ1v) is 6.50. The molecule has 0 bridgehead atoms. The zero-order valence-corrected chi connectivity index (χ0v) is 11.3. The van der Waals surface area contributed by atoms with Gasteiger partial charge in [0.05, 0.1) is 12.0 Å². The number of hydrogen-bond acceptors (Lipinski definition) is 2. The molecule has 2 aromatic carbocycles. The van der Waals surface area contributed by atoms with E-state index in [1.54, 1.807) is 0 Å². The molecule has 1 unspecified atom stereocenters. The Labute approximate surface area is 118 Å². The Morgan fingerprint density at radius 1 is 1.20 bits per heavy atom. The number of carbonyl (C=O) groups excluding carboxylic acids is 1. The third kappa shape index (κ3) is 3.69. The Morgan fingerprint density at radius 3 is 2.60 bits per heavy atom. The molecule has 0 saturated heterocycles. The second-order valence-corrected chi connectivity index (χ2v) is 4.71. The molecule has 20 heavy (non-hydrogen) atoms. The molecular weight excluding hydrogens is 248 g/mol. The SMILES string of the molecule is Cc1cccc(NC(=O)CC(C#N)c2ccccc2)c1. The zero-order valence-electron chi connectivity index (χ0n) is 11.3. The third-order valence-electron chi connectivity index (χ3n) is 3.05. The lowest BCUT2D eigenvalue weighted by atomic mass is 9.97. The standard InChI is InChI=1S/C17H16N2O/c1-13-6-5-9-16(10-13)19-17(20)11-15(12-18)14-7-3-2-4-8-14/h2-10,15H,11H2,1H3,(H,19,20). The van der Waals surface area contributed by atoms with Crippen LogP contribution >= 0.6 is 0 Å². The predicted molar refractivity (Wildman–Crippen MR) is 79.2 cm³/mol. The first-order chi connectivity index (χ1) is 9.69. The van der Waals surface area contributed by atoms with Crippen molar-refractivity contribution >= 4 is 11.6 Å². The van der Waals surface area contributed by atoms with E-state index in [2.05, 4.69) is 11.4 Å². The molecule has 2 aromatic rings. The van der Waals surface area contributed by atoms with Crippen molar-refractivity contribution in [2.24, 2.45) is 0 Å². The summed E-state index contributed by atoms with van der Waals surface area (Å²) < 4.78 is 0. The molecule has 0 aromatic heterocycles. The Kier molecular flexibility index (Phi) is 4.52. The minimum absolute atomic E-state index is 0.147. The van der Waals surface area contributed by atoms with Gasteiger partial charge < -0.3 is 5.32 Å². The Morgan fingerprint density at radius 2 is 1.95 bits per heavy atom. The number of aryl methyl sites for hydroxylation is 1. The van der Waals surface area contributed by atoms with Crippen molar-refractivity contribution < 1.29 is 4.79 Å². The van der Waals surface area contributed by atoms with Gasteiger partial charge in [-0.15, -0.1) is 0 Å². The van der Waals surface area contributed by atoms with Gasteiger partial charge in [-0.1, -0.05) is 42.5 Å². The van der Waals surface area contributed by atoms with Gasteiger partial charge in [0.25, 0.3) is 0 Å². The monoisotopic (exact) mass is 264 g/mol. The molecule has 3 heteroatoms. The van der Waals surface area contributed by atoms with E-state index in [1.807, 2.05) is 61.5 Å². The van der Waals surface area contributed by atoms with Crippen molar-refractivity contribution in [3.05, 3.63) is 65.7 Å². The lowest BCUT2D eigenvalue weighted by molar-refractivity contribution is -0.116. The first-order valence-electron chi connectivity index (χ1n) is 6.50. The molecule has 1 atom stereocenters. The van der Waals surface area contributed by atoms with Crippen LogP contribution in [0.1, 0.15) is 23.5 Å². The van der Waals surface area contributed by atoms with Crippen LogP contribution in [-0.4, -0.2) is 5.91 Å². The summed E-state index contributed by atoms with van der Waals surface area (Å²) in [6.45, 7) is 1.97. The van der Waals surface area contributed by atoms with Gasteiger partial charge in [-0.3, -0.25) is 4.79 Å². The molecule has 0 aliphatic heterocycles. The molecule has 0 radical (unpaired) electrons. The maximum Gasteiger partial charge on any atom is 0.226 e. The van der Waals surface area contributed by atoms with Gasteiger partial charge in [-0.2, -0.15) is 5.26 Å². The summed E-state index contributed by atoms with van der Waals surface area (Å²) in [5, 5.41) is 12.0. The third-order valence-corrected chi connectivity index (χ3v) is 3.05. The topological polar surface area (TPSA) is 52.9 Å². The van der Waals surface area contributed by atoms with Crippen LogP contribution in [-0.2, 0) is 4.79 Å². The lowest BCUT2D eigenvalue weighted by Gasteiger charge is -2.10. The Bertz CT molecular complexity index is 629. The van der Waals surface area contributed by atoms with Gasteiger partial charge in [0, 0.05) is 12.1 Å². The molecule has 0 heterocycles. The van der Waals surface area contributed by atoms with E-state index in [4.69, 9.17) is 0 Å². The summed E-state index contributed by atoms with van der Waals surface area (Å²) >= 11 is 0. The molecule has 0 aliphatic carbocycles. The van der Waals surface area contributed by atoms with E-state index in [-0.39, 0.29) is 12.3 Å². The summed E-state index contributed by atoms with van der Waals surface area (Å²) in [4.78, 5) is 12.0. The summed E-state index contributed by atoms with van der Waals surface area (Å²) in [6, 6.07) is 19.2. The summed E-state index contributed by atoms with van der Waals surface area (Å²) in [5.74, 6) is -0.563. The molecular formula is C17H16N2O. The van der Waals surface area contributed by atoms with Gasteiger partial charge in [-0.25, -0.2) is 0 Å². The number of amides is 1. The number of nitrogens with zero attached hydrogens (tertiary/aromatic N) is 1. The fourth-order valence-electron chi connectivity index (χ4n) is 2.04. The highest BCUT2D eigenvalue weighted by atomic mass is 16.1. The number of rotatable bonds is 4. The number of carbonyl (C=O) groups is 1. The van der Waals surface area contributed by atoms with E-state index in [9.17, 15) is 10.1 Å². The highest BCUT2D eigenvalue weighted by Crippen LogP contribution is 2.19. The van der Waals surface area contributed by atoms with Crippen molar-refractivity contribution in [3.8, 4) is 6.07 Å². The second-order valence-electron chi connectivity index (χ2n) is 4.71. The minimum Gasteiger partial charge on any atom is -0.326 e. The van der Waals surface area contributed by atoms with Crippen LogP contribution in [0.25, 0.3) is 0 Å². The average Bonchev–Trinajstić information content (AvgIpc) is 2.45. The quantitative estimate of drug-likeness (QED) is 0.916. The van der Waals surface area contributed by atoms with Crippen molar-refractivity contribution in [1.29, 1.82) is 5.26 Å². The van der Waals surface area contributed by atoms with Crippen LogP contribution in [0.15, 0.2) is 54.6 Å². The maximum absolute atomic E-state index is 12.0. The summed E-state index contributed by atoms with van der Waals surface area (Å²) in [5.41, 5.74) is 2.72. The highest BCUT2D eigenvalue weighted by Gasteiger charge is 2.15. The number of benzene rings is 2. The normalized spacial score (nSPS) is 11.4. The molecule has 0 saturated carbocycles. The fraction of sp³-hybridized carbons (Fsp3) is 0.176. The second kappa shape index (κ2) is 6.53. The number of nitriles is 1. The summed E-state index contributed by atoms with van der Waals surface area (Å²) in [7, 11) is 0. The van der Waals surface area contributed by atoms with Crippen LogP contribution in [0.5, 0.6) is 0 Å². The lowest BCUT2D eigenvalue weighted by Crippen LogP contribution is -2.15. The van der Waals surface area contributed by atoms with E-state index in [0.717, 1.165) is 16.8 Å². The first kappa shape index (κ1) is 13.8. The van der Waals surface area contributed by atoms with Crippen molar-refractivity contribution in [1.82, 2.24) is 0 Å². The molecule has 0 fully saturated rings. The molecule has 1 N–H and O–H groups in total. The van der Waals surface area contributed by atoms with E-state index in [1.165, 1.54) is 0 Å². The molecule has 100 valence electrons. The van der Waals surface area contributed by atoms with E-state index >= 15 is 0 Å². The Balaban J connectivity index is 2.02. The fourth-order valence-corrected chi connectivity index (χ4v) is 2.04. The van der Waals surface area contributed by atoms with Gasteiger partial charge in [-0.05, 0) is 30.2 Å². The molecule has 2 rings (SSSR count). The van der Waals surface area contributed by atoms with Gasteiger partial charge in [0.2, 0.25) is 5.91 Å². The number of nitrogens with one attached hydrogen (secondary N) is 1. The molecule has 0 aliphatic rings. The van der Waals surface area contributed by atoms with Crippen molar-refractivity contribution in [3.63, 3.8) is 0 Å². The zero-order chi connectivity index (χ0) is 14.4. The highest BCUT2D eigenvalue weighted by molar-refractivity contribution is 5.91. The maximum atomic E-state index is 12.0. The predicted octanol–water partition coefficient (Wildman–Crippen LogP) is 3.63. The van der Waals surface area contributed by atoms with Gasteiger partial charge in [0.15, 0.2) is 0 Å². The van der Waals surface area contributed by atoms with Crippen LogP contribution in [0.2, 0.25) is 0 Å². The van der Waals surface area contributed by atoms with Gasteiger partial charge >= 0.3 is 0 Å². The Hall–Kier alpha value is -2.60. The van der Waals surface area contributed by atoms with Crippen molar-refractivity contribution in [2.75, 3.05) is 5.32 Å². The largest absolute Gasteiger partial charge is 0.326 e. The van der Waals surface area contributed by atoms with Crippen molar-refractivity contribution in [2.45, 2.75) is 19.3 Å². The summed E-state index contributed by atoms with van der Waals surface area (Å²) in [6.07, 6.45) is 0.161. The van der Waals surface area contributed by atoms with Crippen LogP contribution in [0.4, 0.5) is 5.69 Å². The minimum atomic E-state index is -0.416. The smallest absolute Gasteiger partial charge is 0.226 e. The van der Waals surface area contributed by atoms with Gasteiger partial charge in [0.1, 0.15) is 0 Å².